The fraction of sp³-hybridized carbons (Fsp3) is 0.273. The summed E-state index contributed by atoms with van der Waals surface area (Å²) in [5.41, 5.74) is 3.57. The summed E-state index contributed by atoms with van der Waals surface area (Å²) in [4.78, 5) is 1.56. The molecule has 10 nitrogen and oxygen atoms in total. The van der Waals surface area contributed by atoms with E-state index in [1.165, 1.54) is 48.7 Å². The van der Waals surface area contributed by atoms with Gasteiger partial charge in [-0.05, 0) is 63.1 Å². The second-order valence-corrected chi connectivity index (χ2v) is 11.2. The summed E-state index contributed by atoms with van der Waals surface area (Å²) in [7, 11) is -3.64. The van der Waals surface area contributed by atoms with Crippen LogP contribution in [-0.4, -0.2) is 68.9 Å². The molecule has 0 aliphatic heterocycles. The van der Waals surface area contributed by atoms with Gasteiger partial charge in [0.2, 0.25) is 0 Å². The molecule has 1 aromatic heterocycles. The number of nitrogens with zero attached hydrogens (tertiary/aromatic N) is 3. The summed E-state index contributed by atoms with van der Waals surface area (Å²) >= 11 is 0. The number of halogens is 2. The van der Waals surface area contributed by atoms with Gasteiger partial charge in [-0.2, -0.15) is 8.42 Å². The van der Waals surface area contributed by atoms with Crippen LogP contribution >= 0.6 is 12.4 Å². The van der Waals surface area contributed by atoms with Crippen LogP contribution in [0.4, 0.5) is 10.1 Å². The SMILES string of the molecule is CNCc1cc(-c2ccccc2F)n(S(=O)(=O)c2cccc(NN(CCN(C)C)S(=O)(=O)O)c2)c1.Cl. The van der Waals surface area contributed by atoms with Gasteiger partial charge >= 0.3 is 10.3 Å². The molecule has 0 fully saturated rings. The average Bonchev–Trinajstić information content (AvgIpc) is 3.21. The third kappa shape index (κ3) is 7.03. The highest BCUT2D eigenvalue weighted by molar-refractivity contribution is 7.90. The van der Waals surface area contributed by atoms with E-state index in [0.29, 0.717) is 23.1 Å². The first-order valence-electron chi connectivity index (χ1n) is 10.6. The molecule has 36 heavy (non-hydrogen) atoms. The molecule has 0 radical (unpaired) electrons. The fourth-order valence-electron chi connectivity index (χ4n) is 3.37. The van der Waals surface area contributed by atoms with E-state index in [0.717, 1.165) is 3.97 Å². The number of hydrogen-bond donors (Lipinski definition) is 3. The van der Waals surface area contributed by atoms with E-state index in [1.54, 1.807) is 38.2 Å². The second-order valence-electron chi connectivity index (χ2n) is 8.04. The highest BCUT2D eigenvalue weighted by Crippen LogP contribution is 2.30. The number of likely N-dealkylation sites (N-methyl/N-ethyl adjacent to an activating group) is 1. The van der Waals surface area contributed by atoms with E-state index < -0.39 is 26.1 Å². The number of rotatable bonds is 11. The number of hydrogen-bond acceptors (Lipinski definition) is 7. The zero-order valence-corrected chi connectivity index (χ0v) is 22.4. The van der Waals surface area contributed by atoms with Crippen LogP contribution in [0.1, 0.15) is 5.56 Å². The Hall–Kier alpha value is -2.52. The van der Waals surface area contributed by atoms with Gasteiger partial charge in [0.1, 0.15) is 5.82 Å². The van der Waals surface area contributed by atoms with Crippen molar-refractivity contribution in [1.29, 1.82) is 0 Å². The molecule has 2 aromatic carbocycles. The molecule has 0 atom stereocenters. The normalized spacial score (nSPS) is 12.1. The maximum atomic E-state index is 14.6. The third-order valence-electron chi connectivity index (χ3n) is 5.05. The van der Waals surface area contributed by atoms with E-state index in [2.05, 4.69) is 10.7 Å². The minimum atomic E-state index is -4.62. The number of aromatic nitrogens is 1. The zero-order valence-electron chi connectivity index (χ0n) is 19.9. The number of anilines is 1. The van der Waals surface area contributed by atoms with Crippen molar-refractivity contribution in [2.75, 3.05) is 39.7 Å². The Morgan fingerprint density at radius 2 is 1.69 bits per heavy atom. The molecular weight excluding hydrogens is 533 g/mol. The summed E-state index contributed by atoms with van der Waals surface area (Å²) in [6.45, 7) is 0.570. The van der Waals surface area contributed by atoms with Crippen molar-refractivity contribution >= 4 is 38.4 Å². The number of benzene rings is 2. The molecule has 0 spiro atoms. The van der Waals surface area contributed by atoms with Crippen molar-refractivity contribution in [2.45, 2.75) is 11.4 Å². The Kier molecular flexibility index (Phi) is 10.0. The van der Waals surface area contributed by atoms with Crippen LogP contribution in [-0.2, 0) is 26.9 Å². The van der Waals surface area contributed by atoms with Crippen molar-refractivity contribution in [3.8, 4) is 11.3 Å². The summed E-state index contributed by atoms with van der Waals surface area (Å²) in [6.07, 6.45) is 1.41. The van der Waals surface area contributed by atoms with E-state index in [-0.39, 0.29) is 40.8 Å². The highest BCUT2D eigenvalue weighted by Gasteiger charge is 2.25. The Morgan fingerprint density at radius 3 is 2.31 bits per heavy atom. The first-order chi connectivity index (χ1) is 16.4. The van der Waals surface area contributed by atoms with Crippen LogP contribution in [0.15, 0.2) is 65.7 Å². The lowest BCUT2D eigenvalue weighted by atomic mass is 10.1. The summed E-state index contributed by atoms with van der Waals surface area (Å²) in [5.74, 6) is -0.571. The zero-order chi connectivity index (χ0) is 25.8. The lowest BCUT2D eigenvalue weighted by Gasteiger charge is -2.22. The minimum Gasteiger partial charge on any atom is -0.316 e. The van der Waals surface area contributed by atoms with Gasteiger partial charge < -0.3 is 15.6 Å². The van der Waals surface area contributed by atoms with Gasteiger partial charge in [0, 0.05) is 31.4 Å². The summed E-state index contributed by atoms with van der Waals surface area (Å²) in [6, 6.07) is 13.0. The van der Waals surface area contributed by atoms with Gasteiger partial charge in [0.25, 0.3) is 10.0 Å². The molecule has 0 aliphatic carbocycles. The average molecular weight is 562 g/mol. The molecule has 0 aliphatic rings. The van der Waals surface area contributed by atoms with Gasteiger partial charge in [-0.25, -0.2) is 16.8 Å². The van der Waals surface area contributed by atoms with E-state index in [1.807, 2.05) is 0 Å². The quantitative estimate of drug-likeness (QED) is 0.241. The van der Waals surface area contributed by atoms with Crippen LogP contribution in [0.3, 0.4) is 0 Å². The molecule has 0 bridgehead atoms. The van der Waals surface area contributed by atoms with Gasteiger partial charge in [0.05, 0.1) is 16.3 Å². The molecule has 3 N–H and O–H groups in total. The third-order valence-corrected chi connectivity index (χ3v) is 7.55. The van der Waals surface area contributed by atoms with Gasteiger partial charge in [-0.3, -0.25) is 4.55 Å². The Labute approximate surface area is 217 Å². The number of nitrogens with one attached hydrogen (secondary N) is 2. The van der Waals surface area contributed by atoms with Crippen LogP contribution in [0.5, 0.6) is 0 Å². The maximum absolute atomic E-state index is 14.6. The highest BCUT2D eigenvalue weighted by atomic mass is 35.5. The van der Waals surface area contributed by atoms with Crippen LogP contribution in [0, 0.1) is 5.82 Å². The van der Waals surface area contributed by atoms with Crippen molar-refractivity contribution in [2.24, 2.45) is 0 Å². The van der Waals surface area contributed by atoms with Gasteiger partial charge in [-0.15, -0.1) is 12.4 Å². The molecule has 0 amide bonds. The molecule has 0 saturated carbocycles. The Morgan fingerprint density at radius 1 is 1.00 bits per heavy atom. The van der Waals surface area contributed by atoms with E-state index in [4.69, 9.17) is 0 Å². The minimum absolute atomic E-state index is 0. The van der Waals surface area contributed by atoms with Gasteiger partial charge in [-0.1, -0.05) is 22.6 Å². The molecule has 198 valence electrons. The first-order valence-corrected chi connectivity index (χ1v) is 13.4. The van der Waals surface area contributed by atoms with Crippen LogP contribution in [0.2, 0.25) is 0 Å². The first kappa shape index (κ1) is 29.7. The molecule has 3 rings (SSSR count). The lowest BCUT2D eigenvalue weighted by molar-refractivity contribution is 0.332. The smallest absolute Gasteiger partial charge is 0.316 e. The topological polar surface area (TPSA) is 124 Å². The van der Waals surface area contributed by atoms with Crippen molar-refractivity contribution in [1.82, 2.24) is 18.6 Å². The fourth-order valence-corrected chi connectivity index (χ4v) is 5.34. The molecule has 3 aromatic rings. The van der Waals surface area contributed by atoms with Crippen LogP contribution in [0.25, 0.3) is 11.3 Å². The second kappa shape index (κ2) is 12.1. The van der Waals surface area contributed by atoms with Crippen molar-refractivity contribution < 1.29 is 25.8 Å². The van der Waals surface area contributed by atoms with Gasteiger partial charge in [0.15, 0.2) is 0 Å². The molecule has 0 unspecified atom stereocenters. The lowest BCUT2D eigenvalue weighted by Crippen LogP contribution is -2.40. The van der Waals surface area contributed by atoms with E-state index in [9.17, 15) is 25.8 Å². The Balaban J connectivity index is 0.00000456. The van der Waals surface area contributed by atoms with Crippen molar-refractivity contribution in [3.05, 3.63) is 72.2 Å². The molecule has 1 heterocycles. The predicted octanol–water partition coefficient (Wildman–Crippen LogP) is 2.67. The van der Waals surface area contributed by atoms with Crippen molar-refractivity contribution in [3.63, 3.8) is 0 Å². The molecular formula is C22H29ClFN5O5S2. The Bertz CT molecular complexity index is 1400. The summed E-state index contributed by atoms with van der Waals surface area (Å²) in [5, 5.41) is 2.95. The predicted molar refractivity (Wildman–Crippen MR) is 139 cm³/mol. The van der Waals surface area contributed by atoms with Crippen LogP contribution < -0.4 is 10.7 Å². The molecule has 14 heteroatoms. The maximum Gasteiger partial charge on any atom is 0.353 e. The summed E-state index contributed by atoms with van der Waals surface area (Å²) < 4.78 is 76.5. The number of hydrazine groups is 1. The standard InChI is InChI=1S/C22H28FN5O5S2.ClH/c1-24-15-17-13-22(20-9-4-5-10-21(20)23)27(16-17)34(29,30)19-8-6-7-18(14-19)25-28(35(31,32)33)12-11-26(2)3;/h4-10,13-14,16,24-25H,11-12,15H2,1-3H3,(H,31,32,33);1H. The monoisotopic (exact) mass is 561 g/mol. The largest absolute Gasteiger partial charge is 0.353 e. The molecule has 0 saturated heterocycles. The van der Waals surface area contributed by atoms with E-state index >= 15 is 0 Å².